The van der Waals surface area contributed by atoms with Gasteiger partial charge >= 0.3 is 6.18 Å². The molecule has 0 bridgehead atoms. The summed E-state index contributed by atoms with van der Waals surface area (Å²) in [5.74, 6) is -0.758. The number of benzene rings is 1. The van der Waals surface area contributed by atoms with E-state index in [1.807, 2.05) is 0 Å². The Morgan fingerprint density at radius 2 is 2.04 bits per heavy atom. The molecule has 2 amide bonds. The fourth-order valence-corrected chi connectivity index (χ4v) is 3.72. The Morgan fingerprint density at radius 1 is 1.29 bits per heavy atom. The number of thioether (sulfide) groups is 1. The van der Waals surface area contributed by atoms with Crippen LogP contribution in [0.25, 0.3) is 0 Å². The minimum Gasteiger partial charge on any atom is -0.324 e. The normalized spacial score (nSPS) is 19.8. The number of anilines is 2. The van der Waals surface area contributed by atoms with Gasteiger partial charge in [-0.1, -0.05) is 23.9 Å². The summed E-state index contributed by atoms with van der Waals surface area (Å²) in [5.41, 5.74) is 0.196. The number of amides is 2. The van der Waals surface area contributed by atoms with Gasteiger partial charge in [-0.05, 0) is 25.0 Å². The second kappa shape index (κ2) is 7.12. The van der Waals surface area contributed by atoms with E-state index >= 15 is 0 Å². The Kier molecular flexibility index (Phi) is 4.77. The summed E-state index contributed by atoms with van der Waals surface area (Å²) >= 11 is 0.966. The number of nitrogens with zero attached hydrogens (tertiary/aromatic N) is 3. The van der Waals surface area contributed by atoms with Crippen molar-refractivity contribution in [2.75, 3.05) is 16.0 Å². The molecular formula is C17H16F3N5O2S. The maximum Gasteiger partial charge on any atom is 0.409 e. The van der Waals surface area contributed by atoms with Crippen LogP contribution in [-0.2, 0) is 9.59 Å². The number of para-hydroxylation sites is 2. The Hall–Kier alpha value is -2.56. The van der Waals surface area contributed by atoms with E-state index < -0.39 is 30.5 Å². The van der Waals surface area contributed by atoms with E-state index in [-0.39, 0.29) is 17.1 Å². The Bertz CT molecular complexity index is 912. The number of aromatic amines is 1. The first-order valence-electron chi connectivity index (χ1n) is 8.65. The summed E-state index contributed by atoms with van der Waals surface area (Å²) in [4.78, 5) is 29.7. The highest BCUT2D eigenvalue weighted by molar-refractivity contribution is 7.99. The lowest BCUT2D eigenvalue weighted by molar-refractivity contribution is -0.157. The quantitative estimate of drug-likeness (QED) is 0.755. The van der Waals surface area contributed by atoms with Gasteiger partial charge in [-0.25, -0.2) is 4.98 Å². The molecule has 2 aliphatic rings. The number of hydrogen-bond acceptors (Lipinski definition) is 5. The van der Waals surface area contributed by atoms with E-state index in [2.05, 4.69) is 20.5 Å². The zero-order chi connectivity index (χ0) is 19.9. The topological polar surface area (TPSA) is 91.0 Å². The molecule has 1 atom stereocenters. The lowest BCUT2D eigenvalue weighted by Gasteiger charge is -2.31. The smallest absolute Gasteiger partial charge is 0.324 e. The first-order chi connectivity index (χ1) is 13.3. The zero-order valence-electron chi connectivity index (χ0n) is 14.5. The highest BCUT2D eigenvalue weighted by Gasteiger charge is 2.48. The van der Waals surface area contributed by atoms with E-state index in [1.165, 1.54) is 18.2 Å². The number of aromatic nitrogens is 3. The molecule has 0 spiro atoms. The van der Waals surface area contributed by atoms with Gasteiger partial charge in [0.05, 0.1) is 23.5 Å². The van der Waals surface area contributed by atoms with Crippen LogP contribution < -0.4 is 10.2 Å². The number of halogens is 3. The van der Waals surface area contributed by atoms with Gasteiger partial charge in [0.2, 0.25) is 17.0 Å². The van der Waals surface area contributed by atoms with Crippen molar-refractivity contribution in [2.45, 2.75) is 42.6 Å². The molecular weight excluding hydrogens is 395 g/mol. The van der Waals surface area contributed by atoms with Crippen molar-refractivity contribution in [1.82, 2.24) is 15.2 Å². The van der Waals surface area contributed by atoms with Crippen molar-refractivity contribution in [3.8, 4) is 0 Å². The number of carbonyl (C=O) groups is 2. The lowest BCUT2D eigenvalue weighted by atomic mass is 10.1. The maximum absolute atomic E-state index is 13.7. The molecule has 1 unspecified atom stereocenters. The highest BCUT2D eigenvalue weighted by atomic mass is 32.2. The fourth-order valence-electron chi connectivity index (χ4n) is 3.05. The fraction of sp³-hybridized carbons (Fsp3) is 0.412. The Labute approximate surface area is 162 Å². The Balaban J connectivity index is 1.59. The Morgan fingerprint density at radius 3 is 2.75 bits per heavy atom. The highest BCUT2D eigenvalue weighted by Crippen LogP contribution is 2.39. The van der Waals surface area contributed by atoms with Crippen LogP contribution in [0.2, 0.25) is 0 Å². The number of fused-ring (bicyclic) bond motifs is 1. The van der Waals surface area contributed by atoms with Gasteiger partial charge < -0.3 is 5.32 Å². The molecule has 1 aliphatic heterocycles. The molecule has 1 aromatic heterocycles. The summed E-state index contributed by atoms with van der Waals surface area (Å²) in [6.07, 6.45) is -3.56. The predicted octanol–water partition coefficient (Wildman–Crippen LogP) is 3.08. The summed E-state index contributed by atoms with van der Waals surface area (Å²) in [6, 6.07) is 3.72. The van der Waals surface area contributed by atoms with Crippen LogP contribution in [0.5, 0.6) is 0 Å². The number of nitrogens with one attached hydrogen (secondary N) is 2. The van der Waals surface area contributed by atoms with E-state index in [1.54, 1.807) is 6.07 Å². The van der Waals surface area contributed by atoms with Gasteiger partial charge in [-0.2, -0.15) is 13.2 Å². The van der Waals surface area contributed by atoms with E-state index in [0.29, 0.717) is 16.0 Å². The summed E-state index contributed by atoms with van der Waals surface area (Å²) in [7, 11) is 0. The van der Waals surface area contributed by atoms with Crippen LogP contribution in [0.3, 0.4) is 0 Å². The van der Waals surface area contributed by atoms with Crippen molar-refractivity contribution in [3.63, 3.8) is 0 Å². The van der Waals surface area contributed by atoms with Crippen LogP contribution in [0.1, 0.15) is 31.0 Å². The van der Waals surface area contributed by atoms with Crippen LogP contribution in [0, 0.1) is 0 Å². The molecule has 1 saturated carbocycles. The monoisotopic (exact) mass is 411 g/mol. The molecule has 4 rings (SSSR count). The van der Waals surface area contributed by atoms with Crippen molar-refractivity contribution in [1.29, 1.82) is 0 Å². The van der Waals surface area contributed by atoms with Crippen molar-refractivity contribution < 1.29 is 22.8 Å². The van der Waals surface area contributed by atoms with Crippen LogP contribution in [0.15, 0.2) is 29.4 Å². The molecule has 1 aromatic carbocycles. The zero-order valence-corrected chi connectivity index (χ0v) is 15.3. The number of H-pyrrole nitrogens is 1. The predicted molar refractivity (Wildman–Crippen MR) is 96.1 cm³/mol. The third kappa shape index (κ3) is 3.84. The molecule has 2 N–H and O–H groups in total. The van der Waals surface area contributed by atoms with E-state index in [0.717, 1.165) is 30.4 Å². The minimum absolute atomic E-state index is 0.0231. The molecule has 1 fully saturated rings. The van der Waals surface area contributed by atoms with Crippen molar-refractivity contribution in [2.24, 2.45) is 0 Å². The average molecular weight is 411 g/mol. The molecule has 0 saturated heterocycles. The van der Waals surface area contributed by atoms with E-state index in [4.69, 9.17) is 0 Å². The van der Waals surface area contributed by atoms with Gasteiger partial charge in [0, 0.05) is 5.92 Å². The van der Waals surface area contributed by atoms with Gasteiger partial charge in [-0.3, -0.25) is 19.6 Å². The van der Waals surface area contributed by atoms with Crippen LogP contribution in [-0.4, -0.2) is 45.0 Å². The molecule has 2 heterocycles. The maximum atomic E-state index is 13.7. The SMILES string of the molecule is O=C1CC(C(F)(F)F)N(C(=O)CSc2n[nH]c(C3CC3)n2)c2ccccc2N1. The third-order valence-corrected chi connectivity index (χ3v) is 5.38. The van der Waals surface area contributed by atoms with Crippen LogP contribution >= 0.6 is 11.8 Å². The largest absolute Gasteiger partial charge is 0.409 e. The van der Waals surface area contributed by atoms with Gasteiger partial charge in [0.25, 0.3) is 0 Å². The van der Waals surface area contributed by atoms with E-state index in [9.17, 15) is 22.8 Å². The molecule has 7 nitrogen and oxygen atoms in total. The van der Waals surface area contributed by atoms with Gasteiger partial charge in [0.1, 0.15) is 11.9 Å². The van der Waals surface area contributed by atoms with Crippen molar-refractivity contribution >= 4 is 35.0 Å². The van der Waals surface area contributed by atoms with Crippen LogP contribution in [0.4, 0.5) is 24.5 Å². The lowest BCUT2D eigenvalue weighted by Crippen LogP contribution is -2.50. The number of alkyl halides is 3. The molecule has 28 heavy (non-hydrogen) atoms. The van der Waals surface area contributed by atoms with Gasteiger partial charge in [0.15, 0.2) is 0 Å². The third-order valence-electron chi connectivity index (χ3n) is 4.55. The molecule has 11 heteroatoms. The second-order valence-corrected chi connectivity index (χ2v) is 7.60. The minimum atomic E-state index is -4.75. The first-order valence-corrected chi connectivity index (χ1v) is 9.64. The molecule has 148 valence electrons. The number of hydrogen-bond donors (Lipinski definition) is 2. The summed E-state index contributed by atoms with van der Waals surface area (Å²) in [6.45, 7) is 0. The molecule has 0 radical (unpaired) electrons. The first kappa shape index (κ1) is 18.8. The average Bonchev–Trinajstić information content (AvgIpc) is 3.40. The molecule has 2 aromatic rings. The summed E-state index contributed by atoms with van der Waals surface area (Å²) in [5, 5.41) is 9.55. The number of carbonyl (C=O) groups excluding carboxylic acids is 2. The van der Waals surface area contributed by atoms with Crippen molar-refractivity contribution in [3.05, 3.63) is 30.1 Å². The standard InChI is InChI=1S/C17H16F3N5O2S/c18-17(19,20)12-7-13(26)21-10-3-1-2-4-11(10)25(12)14(27)8-28-16-22-15(23-24-16)9-5-6-9/h1-4,9,12H,5-8H2,(H,21,26)(H,22,23,24). The number of rotatable bonds is 4. The summed E-state index contributed by atoms with van der Waals surface area (Å²) < 4.78 is 41.0. The second-order valence-electron chi connectivity index (χ2n) is 6.66. The van der Waals surface area contributed by atoms with Gasteiger partial charge in [-0.15, -0.1) is 5.10 Å². The molecule has 1 aliphatic carbocycles.